The average Bonchev–Trinajstić information content (AvgIpc) is 2.36. The van der Waals surface area contributed by atoms with Crippen LogP contribution in [0.1, 0.15) is 25.1 Å². The number of anilines is 1. The number of carbonyl (C=O) groups is 2. The summed E-state index contributed by atoms with van der Waals surface area (Å²) in [5.41, 5.74) is 1.24. The minimum Gasteiger partial charge on any atom is -0.481 e. The van der Waals surface area contributed by atoms with Crippen molar-refractivity contribution in [2.24, 2.45) is 0 Å². The zero-order valence-corrected chi connectivity index (χ0v) is 9.07. The zero-order valence-electron chi connectivity index (χ0n) is 9.07. The van der Waals surface area contributed by atoms with Gasteiger partial charge in [-0.2, -0.15) is 0 Å². The Morgan fingerprint density at radius 3 is 2.88 bits per heavy atom. The van der Waals surface area contributed by atoms with Crippen LogP contribution >= 0.6 is 0 Å². The Labute approximate surface area is 92.5 Å². The van der Waals surface area contributed by atoms with E-state index in [1.807, 2.05) is 0 Å². The number of amides is 1. The van der Waals surface area contributed by atoms with E-state index in [2.05, 4.69) is 10.3 Å². The van der Waals surface area contributed by atoms with Gasteiger partial charge in [-0.05, 0) is 25.5 Å². The largest absolute Gasteiger partial charge is 0.481 e. The maximum Gasteiger partial charge on any atom is 0.307 e. The number of hydrogen-bond acceptors (Lipinski definition) is 3. The Kier molecular flexibility index (Phi) is 2.18. The van der Waals surface area contributed by atoms with Crippen LogP contribution in [0.15, 0.2) is 12.3 Å². The first-order chi connectivity index (χ1) is 7.41. The number of aromatic nitrogens is 1. The third-order valence-corrected chi connectivity index (χ3v) is 2.71. The van der Waals surface area contributed by atoms with Gasteiger partial charge in [0.2, 0.25) is 5.91 Å². The molecular weight excluding hydrogens is 208 g/mol. The van der Waals surface area contributed by atoms with Gasteiger partial charge in [0.25, 0.3) is 0 Å². The van der Waals surface area contributed by atoms with Gasteiger partial charge in [0, 0.05) is 6.20 Å². The molecule has 2 heterocycles. The summed E-state index contributed by atoms with van der Waals surface area (Å²) < 4.78 is 0. The number of carbonyl (C=O) groups excluding carboxylic acids is 1. The van der Waals surface area contributed by atoms with Gasteiger partial charge in [-0.25, -0.2) is 0 Å². The van der Waals surface area contributed by atoms with Gasteiger partial charge in [0.1, 0.15) is 0 Å². The molecule has 2 rings (SSSR count). The molecule has 84 valence electrons. The SMILES string of the molecule is CC1(C)C(=O)Nc2cc(CC(=O)O)cnc21. The number of pyridine rings is 1. The lowest BCUT2D eigenvalue weighted by Gasteiger charge is -2.13. The van der Waals surface area contributed by atoms with Crippen molar-refractivity contribution < 1.29 is 14.7 Å². The first-order valence-electron chi connectivity index (χ1n) is 4.94. The van der Waals surface area contributed by atoms with E-state index in [0.29, 0.717) is 16.9 Å². The van der Waals surface area contributed by atoms with Crippen molar-refractivity contribution in [1.29, 1.82) is 0 Å². The van der Waals surface area contributed by atoms with Crippen molar-refractivity contribution in [3.05, 3.63) is 23.5 Å². The average molecular weight is 220 g/mol. The molecule has 5 nitrogen and oxygen atoms in total. The molecule has 0 saturated heterocycles. The van der Waals surface area contributed by atoms with Gasteiger partial charge in [-0.1, -0.05) is 0 Å². The Bertz CT molecular complexity index is 480. The molecule has 0 bridgehead atoms. The third kappa shape index (κ3) is 1.54. The van der Waals surface area contributed by atoms with E-state index in [1.54, 1.807) is 19.9 Å². The van der Waals surface area contributed by atoms with Crippen LogP contribution < -0.4 is 5.32 Å². The fourth-order valence-corrected chi connectivity index (χ4v) is 1.76. The molecule has 0 saturated carbocycles. The van der Waals surface area contributed by atoms with Gasteiger partial charge in [-0.3, -0.25) is 14.6 Å². The highest BCUT2D eigenvalue weighted by molar-refractivity contribution is 6.05. The van der Waals surface area contributed by atoms with Crippen molar-refractivity contribution >= 4 is 17.6 Å². The Morgan fingerprint density at radius 1 is 1.56 bits per heavy atom. The van der Waals surface area contributed by atoms with Crippen LogP contribution in [-0.2, 0) is 21.4 Å². The molecule has 0 fully saturated rings. The highest BCUT2D eigenvalue weighted by Crippen LogP contribution is 2.35. The maximum atomic E-state index is 11.6. The third-order valence-electron chi connectivity index (χ3n) is 2.71. The van der Waals surface area contributed by atoms with Crippen LogP contribution in [0.2, 0.25) is 0 Å². The molecule has 16 heavy (non-hydrogen) atoms. The van der Waals surface area contributed by atoms with Gasteiger partial charge >= 0.3 is 5.97 Å². The van der Waals surface area contributed by atoms with Crippen LogP contribution in [0.4, 0.5) is 5.69 Å². The van der Waals surface area contributed by atoms with Gasteiger partial charge in [0.05, 0.1) is 23.2 Å². The molecule has 0 radical (unpaired) electrons. The number of rotatable bonds is 2. The topological polar surface area (TPSA) is 79.3 Å². The normalized spacial score (nSPS) is 16.8. The smallest absolute Gasteiger partial charge is 0.307 e. The molecule has 0 aliphatic carbocycles. The highest BCUT2D eigenvalue weighted by Gasteiger charge is 2.39. The second-order valence-corrected chi connectivity index (χ2v) is 4.39. The predicted octanol–water partition coefficient (Wildman–Crippen LogP) is 0.938. The number of carboxylic acids is 1. The summed E-state index contributed by atoms with van der Waals surface area (Å²) in [5, 5.41) is 11.4. The quantitative estimate of drug-likeness (QED) is 0.777. The van der Waals surface area contributed by atoms with Crippen molar-refractivity contribution in [3.63, 3.8) is 0 Å². The molecule has 0 atom stereocenters. The number of nitrogens with one attached hydrogen (secondary N) is 1. The summed E-state index contributed by atoms with van der Waals surface area (Å²) in [6.07, 6.45) is 1.42. The standard InChI is InChI=1S/C11H12N2O3/c1-11(2)9-7(13-10(11)16)3-6(5-12-9)4-8(14)15/h3,5H,4H2,1-2H3,(H,13,16)(H,14,15). The van der Waals surface area contributed by atoms with E-state index in [4.69, 9.17) is 5.11 Å². The number of fused-ring (bicyclic) bond motifs is 1. The molecule has 1 aromatic rings. The lowest BCUT2D eigenvalue weighted by atomic mass is 9.90. The molecule has 5 heteroatoms. The minimum absolute atomic E-state index is 0.0867. The number of hydrogen-bond donors (Lipinski definition) is 2. The van der Waals surface area contributed by atoms with Crippen LogP contribution in [0.3, 0.4) is 0 Å². The predicted molar refractivity (Wildman–Crippen MR) is 57.2 cm³/mol. The lowest BCUT2D eigenvalue weighted by molar-refractivity contribution is -0.136. The molecule has 1 aliphatic heterocycles. The Morgan fingerprint density at radius 2 is 2.25 bits per heavy atom. The van der Waals surface area contributed by atoms with E-state index >= 15 is 0 Å². The summed E-state index contributed by atoms with van der Waals surface area (Å²) in [7, 11) is 0. The fraction of sp³-hybridized carbons (Fsp3) is 0.364. The second-order valence-electron chi connectivity index (χ2n) is 4.39. The van der Waals surface area contributed by atoms with Crippen molar-refractivity contribution in [3.8, 4) is 0 Å². The van der Waals surface area contributed by atoms with Crippen molar-refractivity contribution in [2.45, 2.75) is 25.7 Å². The van der Waals surface area contributed by atoms with E-state index in [0.717, 1.165) is 0 Å². The van der Waals surface area contributed by atoms with Crippen LogP contribution in [0.25, 0.3) is 0 Å². The number of carboxylic acid groups (broad SMARTS) is 1. The second kappa shape index (κ2) is 3.30. The summed E-state index contributed by atoms with van der Waals surface area (Å²) in [6.45, 7) is 3.58. The highest BCUT2D eigenvalue weighted by atomic mass is 16.4. The van der Waals surface area contributed by atoms with Crippen LogP contribution in [0.5, 0.6) is 0 Å². The van der Waals surface area contributed by atoms with Crippen LogP contribution in [-0.4, -0.2) is 22.0 Å². The molecule has 1 amide bonds. The van der Waals surface area contributed by atoms with Crippen molar-refractivity contribution in [1.82, 2.24) is 4.98 Å². The summed E-state index contributed by atoms with van der Waals surface area (Å²) in [5.74, 6) is -1.02. The first kappa shape index (κ1) is 10.6. The molecule has 0 unspecified atom stereocenters. The number of aliphatic carboxylic acids is 1. The molecular formula is C11H12N2O3. The van der Waals surface area contributed by atoms with Crippen molar-refractivity contribution in [2.75, 3.05) is 5.32 Å². The summed E-state index contributed by atoms with van der Waals surface area (Å²) >= 11 is 0. The minimum atomic E-state index is -0.912. The number of nitrogens with zero attached hydrogens (tertiary/aromatic N) is 1. The Balaban J connectivity index is 2.40. The zero-order chi connectivity index (χ0) is 11.9. The van der Waals surface area contributed by atoms with E-state index in [1.165, 1.54) is 6.20 Å². The summed E-state index contributed by atoms with van der Waals surface area (Å²) in [4.78, 5) is 26.3. The van der Waals surface area contributed by atoms with Crippen LogP contribution in [0, 0.1) is 0 Å². The van der Waals surface area contributed by atoms with Gasteiger partial charge in [-0.15, -0.1) is 0 Å². The van der Waals surface area contributed by atoms with Gasteiger partial charge < -0.3 is 10.4 Å². The van der Waals surface area contributed by atoms with Gasteiger partial charge in [0.15, 0.2) is 0 Å². The van der Waals surface area contributed by atoms with E-state index in [-0.39, 0.29) is 12.3 Å². The maximum absolute atomic E-state index is 11.6. The van der Waals surface area contributed by atoms with E-state index < -0.39 is 11.4 Å². The molecule has 1 aromatic heterocycles. The Hall–Kier alpha value is -1.91. The molecule has 2 N–H and O–H groups in total. The lowest BCUT2D eigenvalue weighted by Crippen LogP contribution is -2.27. The molecule has 0 aromatic carbocycles. The molecule has 1 aliphatic rings. The van der Waals surface area contributed by atoms with E-state index in [9.17, 15) is 9.59 Å². The first-order valence-corrected chi connectivity index (χ1v) is 4.94. The summed E-state index contributed by atoms with van der Waals surface area (Å²) in [6, 6.07) is 1.67. The monoisotopic (exact) mass is 220 g/mol. The molecule has 0 spiro atoms. The fourth-order valence-electron chi connectivity index (χ4n) is 1.76.